The van der Waals surface area contributed by atoms with Gasteiger partial charge in [-0.1, -0.05) is 233 Å². The SMILES string of the molecule is CC(=O)O[C@H]1CC[C@@]2(C)C(=CC=C3[C@@H]4CC[C@H](C(C)=O)[C@@]4(C)CC[C@@H]32)C1.CC(=O)O[C@H]1CC[C@@]2(C)C(=CC[C@H]3[C@@H]4CC[C@H](C(C)=O)[C@@]4(C)CC[C@@H]32)C1.CC(=O)O[C@H]1CC[C@@]2(C)C(=C[C@@H](Br)[C@H]3[C@@H]4CC[C@H](C(C)=O)[C@@]4(C)CC[C@@H]32)C1.CC(=O)[C@H]1CC[C@H]2C3=CC=C4C[C@@H](O)CC[C@]4(C)[C@H]3CC[C@]12C.CC(=O)[C@H]1CC[C@H]2C3=CC=C4C[C@@H](O[Si](C)(C)C(C)(C)C)CC[C@]4(C)[C@H]3CC[C@]12C.CC(C)(C)[Si](C)(C)Cl. The van der Waals surface area contributed by atoms with Gasteiger partial charge in [-0.25, -0.2) is 0 Å². The molecule has 140 heavy (non-hydrogen) atoms. The predicted octanol–water partition coefficient (Wildman–Crippen LogP) is 30.7. The zero-order valence-corrected chi connectivity index (χ0v) is 96.8. The van der Waals surface area contributed by atoms with Crippen molar-refractivity contribution in [3.05, 3.63) is 93.2 Å². The van der Waals surface area contributed by atoms with E-state index in [4.69, 9.17) is 29.7 Å². The standard InChI is InChI=1S/C27H44O2Si.C23H33BrO3.C23H34O3.C23H32O3.C21H30O2.C6H15ClSi/c1-18(28)22-11-12-23-21-10-9-19-17-20(29-30(7,8)25(2,3)4)13-15-26(19,5)24(21)14-16-27(22,23)6;1-13(25)17-5-6-18-21-19(8-10-23(17,18)4)22(3)9-7-16(27-14(2)26)11-15(22)12-20(21)24;2*1-14(24)19-7-8-20-18-6-5-16-13-17(26-15(2)25)9-11-22(16,3)21(18)10-12-23(19,20)4;1-13(22)17-6-7-18-16-5-4-14-12-15(23)8-10-20(14,2)19(16)9-11-21(17,18)3;1-6(2,3)8(4,5)7/h9-10,20,22-24H,11-17H2,1-8H3;12,16-21H,5-11H2,1-4H3;5,17-21H,6-13H2,1-4H3;5-6,17,19-21H,7-13H2,1-4H3;4-5,15,17-19,23H,6-12H2,1-3H3;1-5H3/t20-,22+,23-,24-,26-,27+;16-,17+,18-,19-,20+,21-,22-,23+;17-,18-,19+,20-,21-,22-,23+;17-,19+,20-,21-,22-,23+;15-,17+,18-,19-,20-,21+;/m00000./s1. The Morgan fingerprint density at radius 1 is 0.343 bits per heavy atom. The Kier molecular flexibility index (Phi) is 31.6. The number of rotatable bonds is 10. The van der Waals surface area contributed by atoms with Crippen LogP contribution in [0.25, 0.3) is 0 Å². The molecule has 15 saturated carbocycles. The van der Waals surface area contributed by atoms with Gasteiger partial charge in [0.15, 0.2) is 15.7 Å². The third-order valence-electron chi connectivity index (χ3n) is 46.2. The summed E-state index contributed by atoms with van der Waals surface area (Å²) in [6.07, 6.45) is 59.8. The van der Waals surface area contributed by atoms with Crippen molar-refractivity contribution in [2.75, 3.05) is 0 Å². The summed E-state index contributed by atoms with van der Waals surface area (Å²) in [5.74, 6) is 10.6. The number of carbonyl (C=O) groups excluding carboxylic acids is 8. The molecule has 0 amide bonds. The molecule has 0 bridgehead atoms. The summed E-state index contributed by atoms with van der Waals surface area (Å²) in [6, 6.07) is 0. The highest BCUT2D eigenvalue weighted by molar-refractivity contribution is 9.09. The fourth-order valence-corrected chi connectivity index (χ4v) is 38.6. The molecule has 20 aliphatic carbocycles. The van der Waals surface area contributed by atoms with Gasteiger partial charge in [-0.15, -0.1) is 0 Å². The van der Waals surface area contributed by atoms with E-state index in [1.165, 1.54) is 147 Å². The minimum atomic E-state index is -1.73. The highest BCUT2D eigenvalue weighted by Gasteiger charge is 2.66. The largest absolute Gasteiger partial charge is 0.462 e. The molecule has 0 aromatic rings. The molecule has 0 saturated heterocycles. The van der Waals surface area contributed by atoms with E-state index in [1.807, 2.05) is 6.92 Å². The molecule has 15 fully saturated rings. The van der Waals surface area contributed by atoms with Crippen molar-refractivity contribution in [1.82, 2.24) is 0 Å². The van der Waals surface area contributed by atoms with E-state index >= 15 is 0 Å². The summed E-state index contributed by atoms with van der Waals surface area (Å²) in [7, 11) is -3.11. The van der Waals surface area contributed by atoms with Crippen LogP contribution in [-0.2, 0) is 57.0 Å². The minimum Gasteiger partial charge on any atom is -0.462 e. The lowest BCUT2D eigenvalue weighted by molar-refractivity contribution is -0.149. The number of ether oxygens (including phenoxy) is 3. The van der Waals surface area contributed by atoms with Crippen LogP contribution < -0.4 is 0 Å². The van der Waals surface area contributed by atoms with Gasteiger partial charge < -0.3 is 23.7 Å². The smallest absolute Gasteiger partial charge is 0.302 e. The first-order valence-corrected chi connectivity index (χ1v) is 64.3. The molecule has 20 aliphatic rings. The van der Waals surface area contributed by atoms with E-state index in [1.54, 1.807) is 55.6 Å². The van der Waals surface area contributed by atoms with E-state index in [0.29, 0.717) is 109 Å². The second-order valence-corrected chi connectivity index (χ2v) is 68.6. The second-order valence-electron chi connectivity index (χ2n) is 55.5. The molecule has 20 rings (SSSR count). The third-order valence-corrected chi connectivity index (χ3v) is 56.9. The maximum absolute atomic E-state index is 12.3. The Morgan fingerprint density at radius 3 is 1.04 bits per heavy atom. The third kappa shape index (κ3) is 20.0. The number of hydrogen-bond donors (Lipinski definition) is 1. The summed E-state index contributed by atoms with van der Waals surface area (Å²) in [5.41, 5.74) is 14.7. The van der Waals surface area contributed by atoms with Crippen molar-refractivity contribution in [3.63, 3.8) is 0 Å². The first-order chi connectivity index (χ1) is 65.1. The van der Waals surface area contributed by atoms with Crippen LogP contribution in [0.2, 0.25) is 36.3 Å². The zero-order chi connectivity index (χ0) is 102. The normalized spacial score (nSPS) is 44.0. The van der Waals surface area contributed by atoms with Crippen LogP contribution in [0, 0.1) is 155 Å². The lowest BCUT2D eigenvalue weighted by atomic mass is 9.47. The van der Waals surface area contributed by atoms with Gasteiger partial charge in [-0.2, -0.15) is 11.1 Å². The molecule has 0 aliphatic heterocycles. The lowest BCUT2D eigenvalue weighted by Crippen LogP contribution is -2.54. The number of alkyl halides is 1. The maximum atomic E-state index is 12.3. The first-order valence-electron chi connectivity index (χ1n) is 56.4. The second kappa shape index (κ2) is 40.3. The van der Waals surface area contributed by atoms with Crippen LogP contribution >= 0.6 is 27.0 Å². The number of halogens is 2. The number of Topliss-reactive ketones (excluding diaryl/α,β-unsaturated/α-hetero) is 5. The predicted molar refractivity (Wildman–Crippen MR) is 575 cm³/mol. The molecular formula is C123H188BrClO13Si2. The topological polar surface area (TPSA) is 194 Å². The van der Waals surface area contributed by atoms with Crippen molar-refractivity contribution in [2.24, 2.45) is 155 Å². The van der Waals surface area contributed by atoms with E-state index in [-0.39, 0.29) is 126 Å². The Labute approximate surface area is 862 Å². The molecule has 0 unspecified atom stereocenters. The van der Waals surface area contributed by atoms with E-state index in [9.17, 15) is 43.5 Å². The Bertz CT molecular complexity index is 5000. The molecule has 0 heterocycles. The molecule has 780 valence electrons. The average Bonchev–Trinajstić information content (AvgIpc) is 1.48. The summed E-state index contributed by atoms with van der Waals surface area (Å²) in [6.45, 7) is 60.6. The molecule has 0 radical (unpaired) electrons. The molecule has 17 heteroatoms. The number of aliphatic hydroxyl groups excluding tert-OH is 1. The number of carbonyl (C=O) groups is 8. The van der Waals surface area contributed by atoms with Gasteiger partial charge in [0, 0.05) is 80.6 Å². The van der Waals surface area contributed by atoms with Crippen LogP contribution in [0.5, 0.6) is 0 Å². The number of allylic oxidation sites excluding steroid dienone is 11. The van der Waals surface area contributed by atoms with Crippen LogP contribution in [0.3, 0.4) is 0 Å². The fraction of sp³-hybridized carbons (Fsp3) is 0.805. The van der Waals surface area contributed by atoms with Crippen molar-refractivity contribution < 1.29 is 62.1 Å². The molecule has 1 N–H and O–H groups in total. The van der Waals surface area contributed by atoms with Gasteiger partial charge >= 0.3 is 17.9 Å². The van der Waals surface area contributed by atoms with Crippen LogP contribution in [0.4, 0.5) is 0 Å². The number of fused-ring (bicyclic) bond motifs is 25. The summed E-state index contributed by atoms with van der Waals surface area (Å²) in [5, 5.41) is 10.7. The van der Waals surface area contributed by atoms with Gasteiger partial charge in [0.25, 0.3) is 0 Å². The van der Waals surface area contributed by atoms with Crippen LogP contribution in [0.1, 0.15) is 397 Å². The highest BCUT2D eigenvalue weighted by atomic mass is 79.9. The molecule has 0 spiro atoms. The number of hydrogen-bond acceptors (Lipinski definition) is 13. The van der Waals surface area contributed by atoms with Crippen molar-refractivity contribution in [2.45, 2.75) is 469 Å². The molecular weight excluding hydrogens is 1860 g/mol. The Balaban J connectivity index is 0.000000130. The Morgan fingerprint density at radius 2 is 0.657 bits per heavy atom. The van der Waals surface area contributed by atoms with Gasteiger partial charge in [0.1, 0.15) is 47.2 Å². The maximum Gasteiger partial charge on any atom is 0.302 e. The summed E-state index contributed by atoms with van der Waals surface area (Å²) < 4.78 is 23.4. The average molecular weight is 2050 g/mol. The van der Waals surface area contributed by atoms with Gasteiger partial charge in [-0.05, 0) is 395 Å². The molecule has 33 atom stereocenters. The zero-order valence-electron chi connectivity index (χ0n) is 92.5. The van der Waals surface area contributed by atoms with Gasteiger partial charge in [0.2, 0.25) is 0 Å². The van der Waals surface area contributed by atoms with Gasteiger partial charge in [-0.3, -0.25) is 38.4 Å². The van der Waals surface area contributed by atoms with Crippen molar-refractivity contribution in [3.8, 4) is 0 Å². The fourth-order valence-electron chi connectivity index (χ4n) is 36.2. The monoisotopic (exact) mass is 2040 g/mol. The molecule has 0 aromatic carbocycles. The van der Waals surface area contributed by atoms with Gasteiger partial charge in [0.05, 0.1) is 6.10 Å². The van der Waals surface area contributed by atoms with E-state index in [2.05, 4.69) is 202 Å². The Hall–Kier alpha value is -4.20. The van der Waals surface area contributed by atoms with Crippen molar-refractivity contribution in [1.29, 1.82) is 0 Å². The quantitative estimate of drug-likeness (QED) is 0.0543. The van der Waals surface area contributed by atoms with E-state index < -0.39 is 15.7 Å². The van der Waals surface area contributed by atoms with Crippen LogP contribution in [-0.4, -0.2) is 103 Å². The number of aliphatic hydroxyl groups is 1. The lowest BCUT2D eigenvalue weighted by Gasteiger charge is -2.59. The number of ketones is 5. The van der Waals surface area contributed by atoms with Crippen LogP contribution in [0.15, 0.2) is 93.2 Å². The first kappa shape index (κ1) is 110. The van der Waals surface area contributed by atoms with Crippen molar-refractivity contribution >= 4 is 89.5 Å². The number of esters is 3. The highest BCUT2D eigenvalue weighted by Crippen LogP contribution is 2.73. The minimum absolute atomic E-state index is 0.0421. The summed E-state index contributed by atoms with van der Waals surface area (Å²) >= 11 is 10.2. The molecule has 13 nitrogen and oxygen atoms in total. The summed E-state index contributed by atoms with van der Waals surface area (Å²) in [4.78, 5) is 95.7. The molecule has 0 aromatic heterocycles. The van der Waals surface area contributed by atoms with E-state index in [0.717, 1.165) is 134 Å².